The van der Waals surface area contributed by atoms with Crippen LogP contribution in [0.1, 0.15) is 25.3 Å². The van der Waals surface area contributed by atoms with Gasteiger partial charge < -0.3 is 10.2 Å². The third-order valence-electron chi connectivity index (χ3n) is 5.04. The highest BCUT2D eigenvalue weighted by Crippen LogP contribution is 2.32. The lowest BCUT2D eigenvalue weighted by atomic mass is 10.1. The second kappa shape index (κ2) is 8.08. The standard InChI is InChI=1S/C18H24F3N3OS/c1-13-16(26-17(25)22-13)6-3-7-23-8-10-24(11-9-23)15-5-2-4-14(12-15)18(19,20)21/h2,4-5,12-13,16H,3,6-11H2,1H3,(H,22,25). The number of carbonyl (C=O) groups is 1. The number of halogens is 3. The number of benzene rings is 1. The Hall–Kier alpha value is -1.41. The van der Waals surface area contributed by atoms with Crippen LogP contribution in [0.3, 0.4) is 0 Å². The number of alkyl halides is 3. The van der Waals surface area contributed by atoms with Gasteiger partial charge in [0.25, 0.3) is 5.24 Å². The summed E-state index contributed by atoms with van der Waals surface area (Å²) in [7, 11) is 0. The van der Waals surface area contributed by atoms with Crippen LogP contribution in [0.5, 0.6) is 0 Å². The fraction of sp³-hybridized carbons (Fsp3) is 0.611. The molecule has 0 aliphatic carbocycles. The third kappa shape index (κ3) is 4.85. The van der Waals surface area contributed by atoms with Crippen LogP contribution in [0.4, 0.5) is 23.7 Å². The van der Waals surface area contributed by atoms with Gasteiger partial charge in [0, 0.05) is 43.2 Å². The van der Waals surface area contributed by atoms with Gasteiger partial charge in [-0.15, -0.1) is 0 Å². The van der Waals surface area contributed by atoms with E-state index in [1.807, 2.05) is 11.8 Å². The molecule has 144 valence electrons. The van der Waals surface area contributed by atoms with E-state index in [1.165, 1.54) is 23.9 Å². The van der Waals surface area contributed by atoms with Gasteiger partial charge in [0.1, 0.15) is 0 Å². The van der Waals surface area contributed by atoms with Crippen molar-refractivity contribution in [2.45, 2.75) is 37.2 Å². The Morgan fingerprint density at radius 2 is 1.96 bits per heavy atom. The number of hydrogen-bond acceptors (Lipinski definition) is 4. The molecular formula is C18H24F3N3OS. The maximum Gasteiger partial charge on any atom is 0.416 e. The van der Waals surface area contributed by atoms with Crippen molar-refractivity contribution in [3.63, 3.8) is 0 Å². The molecular weight excluding hydrogens is 363 g/mol. The van der Waals surface area contributed by atoms with E-state index in [0.29, 0.717) is 10.9 Å². The molecule has 0 aromatic heterocycles. The molecule has 3 rings (SSSR count). The number of anilines is 1. The van der Waals surface area contributed by atoms with Gasteiger partial charge in [-0.2, -0.15) is 13.2 Å². The molecule has 0 bridgehead atoms. The minimum absolute atomic E-state index is 0.0669. The van der Waals surface area contributed by atoms with E-state index >= 15 is 0 Å². The monoisotopic (exact) mass is 387 g/mol. The number of amides is 1. The molecule has 2 aliphatic heterocycles. The summed E-state index contributed by atoms with van der Waals surface area (Å²) in [5, 5.41) is 3.33. The lowest BCUT2D eigenvalue weighted by Crippen LogP contribution is -2.46. The molecule has 1 aromatic rings. The van der Waals surface area contributed by atoms with Crippen molar-refractivity contribution in [1.29, 1.82) is 0 Å². The maximum absolute atomic E-state index is 12.9. The summed E-state index contributed by atoms with van der Waals surface area (Å²) in [6.45, 7) is 6.16. The van der Waals surface area contributed by atoms with E-state index in [1.54, 1.807) is 6.07 Å². The van der Waals surface area contributed by atoms with Crippen LogP contribution in [0.15, 0.2) is 24.3 Å². The molecule has 8 heteroatoms. The predicted molar refractivity (Wildman–Crippen MR) is 98.7 cm³/mol. The predicted octanol–water partition coefficient (Wildman–Crippen LogP) is 3.82. The number of nitrogens with one attached hydrogen (secondary N) is 1. The normalized spacial score (nSPS) is 24.8. The zero-order valence-corrected chi connectivity index (χ0v) is 15.6. The molecule has 2 aliphatic rings. The van der Waals surface area contributed by atoms with Crippen LogP contribution in [0.25, 0.3) is 0 Å². The molecule has 1 amide bonds. The minimum atomic E-state index is -4.30. The van der Waals surface area contributed by atoms with Gasteiger partial charge in [-0.05, 0) is 44.5 Å². The Bertz CT molecular complexity index is 632. The summed E-state index contributed by atoms with van der Waals surface area (Å²) < 4.78 is 38.6. The van der Waals surface area contributed by atoms with Gasteiger partial charge in [0.05, 0.1) is 5.56 Å². The van der Waals surface area contributed by atoms with Crippen LogP contribution in [-0.2, 0) is 6.18 Å². The summed E-state index contributed by atoms with van der Waals surface area (Å²) in [5.74, 6) is 0. The molecule has 26 heavy (non-hydrogen) atoms. The molecule has 2 unspecified atom stereocenters. The van der Waals surface area contributed by atoms with Crippen molar-refractivity contribution in [2.24, 2.45) is 0 Å². The van der Waals surface area contributed by atoms with Crippen molar-refractivity contribution >= 4 is 22.7 Å². The summed E-state index contributed by atoms with van der Waals surface area (Å²) >= 11 is 1.39. The Morgan fingerprint density at radius 3 is 2.58 bits per heavy atom. The van der Waals surface area contributed by atoms with Gasteiger partial charge in [0.15, 0.2) is 0 Å². The fourth-order valence-corrected chi connectivity index (χ4v) is 4.57. The van der Waals surface area contributed by atoms with E-state index < -0.39 is 11.7 Å². The van der Waals surface area contributed by atoms with Crippen LogP contribution in [0.2, 0.25) is 0 Å². The number of carbonyl (C=O) groups excluding carboxylic acids is 1. The molecule has 1 N–H and O–H groups in total. The number of hydrogen-bond donors (Lipinski definition) is 1. The second-order valence-electron chi connectivity index (χ2n) is 6.90. The number of nitrogens with zero attached hydrogens (tertiary/aromatic N) is 2. The number of thioether (sulfide) groups is 1. The first kappa shape index (κ1) is 19.4. The highest BCUT2D eigenvalue weighted by molar-refractivity contribution is 8.14. The van der Waals surface area contributed by atoms with Crippen LogP contribution in [0, 0.1) is 0 Å². The van der Waals surface area contributed by atoms with E-state index in [-0.39, 0.29) is 11.3 Å². The van der Waals surface area contributed by atoms with E-state index in [0.717, 1.165) is 51.6 Å². The Labute approximate surface area is 156 Å². The quantitative estimate of drug-likeness (QED) is 0.833. The average Bonchev–Trinajstić information content (AvgIpc) is 2.92. The first-order valence-corrected chi connectivity index (χ1v) is 9.82. The molecule has 2 saturated heterocycles. The summed E-state index contributed by atoms with van der Waals surface area (Å²) in [4.78, 5) is 15.7. The van der Waals surface area contributed by atoms with Gasteiger partial charge >= 0.3 is 6.18 Å². The first-order valence-electron chi connectivity index (χ1n) is 8.94. The van der Waals surface area contributed by atoms with Crippen LogP contribution in [-0.4, -0.2) is 54.2 Å². The summed E-state index contributed by atoms with van der Waals surface area (Å²) in [5.41, 5.74) is 0.0454. The maximum atomic E-state index is 12.9. The lowest BCUT2D eigenvalue weighted by molar-refractivity contribution is -0.137. The molecule has 1 aromatic carbocycles. The van der Waals surface area contributed by atoms with Gasteiger partial charge in [-0.3, -0.25) is 9.69 Å². The lowest BCUT2D eigenvalue weighted by Gasteiger charge is -2.36. The van der Waals surface area contributed by atoms with E-state index in [2.05, 4.69) is 10.2 Å². The van der Waals surface area contributed by atoms with Crippen molar-refractivity contribution in [2.75, 3.05) is 37.6 Å². The molecule has 2 fully saturated rings. The summed E-state index contributed by atoms with van der Waals surface area (Å²) in [6.07, 6.45) is -2.28. The van der Waals surface area contributed by atoms with Crippen molar-refractivity contribution < 1.29 is 18.0 Å². The van der Waals surface area contributed by atoms with Gasteiger partial charge in [-0.25, -0.2) is 0 Å². The van der Waals surface area contributed by atoms with Crippen LogP contribution >= 0.6 is 11.8 Å². The van der Waals surface area contributed by atoms with Gasteiger partial charge in [-0.1, -0.05) is 17.8 Å². The molecule has 4 nitrogen and oxygen atoms in total. The van der Waals surface area contributed by atoms with Gasteiger partial charge in [0.2, 0.25) is 0 Å². The number of piperazine rings is 1. The molecule has 0 spiro atoms. The Kier molecular flexibility index (Phi) is 6.02. The molecule has 0 saturated carbocycles. The second-order valence-corrected chi connectivity index (χ2v) is 8.11. The van der Waals surface area contributed by atoms with E-state index in [4.69, 9.17) is 0 Å². The first-order chi connectivity index (χ1) is 12.3. The third-order valence-corrected chi connectivity index (χ3v) is 6.31. The largest absolute Gasteiger partial charge is 0.416 e. The minimum Gasteiger partial charge on any atom is -0.369 e. The average molecular weight is 387 g/mol. The fourth-order valence-electron chi connectivity index (χ4n) is 3.49. The zero-order valence-electron chi connectivity index (χ0n) is 14.8. The molecule has 2 heterocycles. The Morgan fingerprint density at radius 1 is 1.23 bits per heavy atom. The SMILES string of the molecule is CC1NC(=O)SC1CCCN1CCN(c2cccc(C(F)(F)F)c2)CC1. The number of rotatable bonds is 5. The van der Waals surface area contributed by atoms with Crippen molar-refractivity contribution in [1.82, 2.24) is 10.2 Å². The molecule has 2 atom stereocenters. The van der Waals surface area contributed by atoms with Crippen LogP contribution < -0.4 is 10.2 Å². The Balaban J connectivity index is 1.44. The topological polar surface area (TPSA) is 35.6 Å². The molecule has 0 radical (unpaired) electrons. The zero-order chi connectivity index (χ0) is 18.7. The smallest absolute Gasteiger partial charge is 0.369 e. The highest BCUT2D eigenvalue weighted by atomic mass is 32.2. The summed E-state index contributed by atoms with van der Waals surface area (Å²) in [6, 6.07) is 5.79. The highest BCUT2D eigenvalue weighted by Gasteiger charge is 2.31. The van der Waals surface area contributed by atoms with Crippen molar-refractivity contribution in [3.05, 3.63) is 29.8 Å². The van der Waals surface area contributed by atoms with Crippen molar-refractivity contribution in [3.8, 4) is 0 Å². The van der Waals surface area contributed by atoms with E-state index in [9.17, 15) is 18.0 Å².